The van der Waals surface area contributed by atoms with E-state index in [1.807, 2.05) is 60.7 Å². The molecule has 0 unspecified atom stereocenters. The van der Waals surface area contributed by atoms with Crippen molar-refractivity contribution < 1.29 is 19.0 Å². The van der Waals surface area contributed by atoms with Crippen molar-refractivity contribution in [3.63, 3.8) is 0 Å². The van der Waals surface area contributed by atoms with Gasteiger partial charge in [0.2, 0.25) is 0 Å². The number of fused-ring (bicyclic) bond motifs is 1. The van der Waals surface area contributed by atoms with Gasteiger partial charge in [-0.05, 0) is 133 Å². The molecule has 10 heteroatoms. The lowest BCUT2D eigenvalue weighted by Gasteiger charge is -2.28. The molecular weight excluding hydrogens is 882 g/mol. The van der Waals surface area contributed by atoms with Gasteiger partial charge in [0, 0.05) is 43.1 Å². The summed E-state index contributed by atoms with van der Waals surface area (Å²) in [6.07, 6.45) is 15.1. The van der Waals surface area contributed by atoms with Gasteiger partial charge < -0.3 is 24.0 Å². The highest BCUT2D eigenvalue weighted by atomic mass is 35.5. The second kappa shape index (κ2) is 21.1. The fourth-order valence-corrected chi connectivity index (χ4v) is 10.1. The van der Waals surface area contributed by atoms with Crippen LogP contribution in [0.1, 0.15) is 116 Å². The molecule has 3 heterocycles. The maximum absolute atomic E-state index is 14.4. The van der Waals surface area contributed by atoms with Gasteiger partial charge in [0.1, 0.15) is 11.5 Å². The van der Waals surface area contributed by atoms with E-state index in [1.54, 1.807) is 0 Å². The number of esters is 1. The maximum atomic E-state index is 14.4. The van der Waals surface area contributed by atoms with Crippen molar-refractivity contribution in [2.45, 2.75) is 83.7 Å². The zero-order valence-corrected chi connectivity index (χ0v) is 39.8. The second-order valence-corrected chi connectivity index (χ2v) is 18.5. The molecule has 5 aromatic rings. The lowest BCUT2D eigenvalue weighted by Crippen LogP contribution is -2.23. The summed E-state index contributed by atoms with van der Waals surface area (Å²) in [5.41, 5.74) is 6.31. The lowest BCUT2D eigenvalue weighted by molar-refractivity contribution is 0.0300. The molecule has 0 aromatic heterocycles. The van der Waals surface area contributed by atoms with Crippen molar-refractivity contribution in [3.05, 3.63) is 163 Å². The van der Waals surface area contributed by atoms with Gasteiger partial charge in [0.25, 0.3) is 0 Å². The van der Waals surface area contributed by atoms with Crippen molar-refractivity contribution in [1.29, 1.82) is 0 Å². The molecular formula is C54H56Cl4N2O4. The second-order valence-electron chi connectivity index (χ2n) is 16.9. The summed E-state index contributed by atoms with van der Waals surface area (Å²) >= 11 is 27.8. The van der Waals surface area contributed by atoms with Crippen LogP contribution in [-0.2, 0) is 10.3 Å². The summed E-state index contributed by atoms with van der Waals surface area (Å²) < 4.78 is 19.0. The summed E-state index contributed by atoms with van der Waals surface area (Å²) in [5, 5.41) is 0.108. The first-order valence-corrected chi connectivity index (χ1v) is 24.4. The minimum absolute atomic E-state index is 0.00714. The predicted molar refractivity (Wildman–Crippen MR) is 266 cm³/mol. The number of carbonyl (C=O) groups is 1. The minimum Gasteiger partial charge on any atom is -0.494 e. The van der Waals surface area contributed by atoms with Gasteiger partial charge >= 0.3 is 5.97 Å². The minimum atomic E-state index is -1.63. The van der Waals surface area contributed by atoms with Crippen molar-refractivity contribution in [2.75, 3.05) is 49.2 Å². The standard InChI is InChI=1S/C54H56Cl4N2O4/c1-3-5-11-33-62-43-25-17-39(18-26-43)45(37-13-21-41(22-14-37)59-29-7-8-30-59)35-54(48-47(53(61)64-54)49(55)51(57)52(58)50(48)56)36-46(38-15-23-42(24-16-38)60-31-9-10-32-60)40-19-27-44(28-20-40)63-34-12-6-4-2/h13-28,35-36H,3-12,29-34H2,1-2H3/b45-35-,46-36-. The number of anilines is 2. The summed E-state index contributed by atoms with van der Waals surface area (Å²) in [5.74, 6) is 0.904. The molecule has 3 aliphatic rings. The van der Waals surface area contributed by atoms with Gasteiger partial charge in [-0.2, -0.15) is 0 Å². The van der Waals surface area contributed by atoms with Gasteiger partial charge in [0.15, 0.2) is 5.60 Å². The molecule has 0 saturated carbocycles. The molecule has 2 saturated heterocycles. The fourth-order valence-electron chi connectivity index (χ4n) is 8.99. The van der Waals surface area contributed by atoms with Crippen LogP contribution in [0.25, 0.3) is 11.1 Å². The highest BCUT2D eigenvalue weighted by Gasteiger charge is 2.48. The van der Waals surface area contributed by atoms with Crippen LogP contribution >= 0.6 is 46.4 Å². The molecule has 0 atom stereocenters. The van der Waals surface area contributed by atoms with Crippen molar-refractivity contribution in [2.24, 2.45) is 0 Å². The van der Waals surface area contributed by atoms with E-state index < -0.39 is 11.6 Å². The number of hydrogen-bond acceptors (Lipinski definition) is 6. The van der Waals surface area contributed by atoms with E-state index in [0.717, 1.165) is 121 Å². The number of halogens is 4. The van der Waals surface area contributed by atoms with E-state index in [4.69, 9.17) is 60.6 Å². The van der Waals surface area contributed by atoms with Crippen LogP contribution in [0.5, 0.6) is 11.5 Å². The summed E-state index contributed by atoms with van der Waals surface area (Å²) in [7, 11) is 0. The Bertz CT molecular complexity index is 2330. The number of cyclic esters (lactones) is 1. The largest absolute Gasteiger partial charge is 0.494 e. The SMILES string of the molecule is CCCCCOc1ccc(/C(=C\C2(/C=C(\c3ccc(OCCCCC)cc3)c3ccc(N4CCCC4)cc3)OC(=O)c3c(Cl)c(Cl)c(Cl)c(Cl)c32)c2ccc(N3CCCC3)cc2)cc1. The van der Waals surface area contributed by atoms with Gasteiger partial charge in [0.05, 0.1) is 38.9 Å². The molecule has 0 radical (unpaired) electrons. The molecule has 6 nitrogen and oxygen atoms in total. The molecule has 0 N–H and O–H groups in total. The van der Waals surface area contributed by atoms with Crippen LogP contribution in [-0.4, -0.2) is 45.4 Å². The van der Waals surface area contributed by atoms with E-state index in [-0.39, 0.29) is 25.7 Å². The van der Waals surface area contributed by atoms with Crippen molar-refractivity contribution >= 4 is 74.9 Å². The van der Waals surface area contributed by atoms with Crippen LogP contribution < -0.4 is 19.3 Å². The van der Waals surface area contributed by atoms with Gasteiger partial charge in [-0.3, -0.25) is 0 Å². The summed E-state index contributed by atoms with van der Waals surface area (Å²) in [6, 6.07) is 33.3. The monoisotopic (exact) mass is 936 g/mol. The number of hydrogen-bond donors (Lipinski definition) is 0. The Morgan fingerprint density at radius 1 is 0.547 bits per heavy atom. The van der Waals surface area contributed by atoms with Crippen LogP contribution in [0.2, 0.25) is 20.1 Å². The Kier molecular flexibility index (Phi) is 15.2. The first-order valence-electron chi connectivity index (χ1n) is 22.9. The molecule has 64 heavy (non-hydrogen) atoms. The number of nitrogens with zero attached hydrogens (tertiary/aromatic N) is 2. The van der Waals surface area contributed by atoms with E-state index >= 15 is 0 Å². The van der Waals surface area contributed by atoms with Crippen LogP contribution in [0.3, 0.4) is 0 Å². The maximum Gasteiger partial charge on any atom is 0.341 e. The molecule has 0 bridgehead atoms. The first-order chi connectivity index (χ1) is 31.2. The van der Waals surface area contributed by atoms with Crippen LogP contribution in [0.15, 0.2) is 109 Å². The third-order valence-electron chi connectivity index (χ3n) is 12.5. The number of carbonyl (C=O) groups excluding carboxylic acids is 1. The highest BCUT2D eigenvalue weighted by molar-refractivity contribution is 6.53. The molecule has 2 fully saturated rings. The molecule has 3 aliphatic heterocycles. The lowest BCUT2D eigenvalue weighted by atomic mass is 9.83. The number of benzene rings is 5. The van der Waals surface area contributed by atoms with Gasteiger partial charge in [-0.25, -0.2) is 4.79 Å². The molecule has 334 valence electrons. The third-order valence-corrected chi connectivity index (χ3v) is 14.3. The van der Waals surface area contributed by atoms with Gasteiger partial charge in [-0.15, -0.1) is 0 Å². The normalized spacial score (nSPS) is 16.1. The molecule has 0 spiro atoms. The Hall–Kier alpha value is -4.59. The van der Waals surface area contributed by atoms with E-state index in [0.29, 0.717) is 18.8 Å². The van der Waals surface area contributed by atoms with Crippen LogP contribution in [0.4, 0.5) is 11.4 Å². The predicted octanol–water partition coefficient (Wildman–Crippen LogP) is 15.3. The zero-order chi connectivity index (χ0) is 44.6. The fraction of sp³-hybridized carbons (Fsp3) is 0.352. The zero-order valence-electron chi connectivity index (χ0n) is 36.7. The first kappa shape index (κ1) is 46.0. The quantitative estimate of drug-likeness (QED) is 0.0378. The smallest absolute Gasteiger partial charge is 0.341 e. The Balaban J connectivity index is 1.34. The average molecular weight is 939 g/mol. The Labute approximate surface area is 398 Å². The molecule has 0 aliphatic carbocycles. The molecule has 5 aromatic carbocycles. The summed E-state index contributed by atoms with van der Waals surface area (Å²) in [6.45, 7) is 9.76. The number of unbranched alkanes of at least 4 members (excludes halogenated alkanes) is 4. The highest BCUT2D eigenvalue weighted by Crippen LogP contribution is 2.54. The van der Waals surface area contributed by atoms with Crippen molar-refractivity contribution in [3.8, 4) is 11.5 Å². The van der Waals surface area contributed by atoms with E-state index in [1.165, 1.54) is 25.7 Å². The Morgan fingerprint density at radius 2 is 0.922 bits per heavy atom. The van der Waals surface area contributed by atoms with E-state index in [2.05, 4.69) is 72.2 Å². The third kappa shape index (κ3) is 10.1. The molecule has 8 rings (SSSR count). The van der Waals surface area contributed by atoms with Gasteiger partial charge in [-0.1, -0.05) is 134 Å². The topological polar surface area (TPSA) is 51.2 Å². The van der Waals surface area contributed by atoms with Crippen molar-refractivity contribution in [1.82, 2.24) is 0 Å². The van der Waals surface area contributed by atoms with E-state index in [9.17, 15) is 4.79 Å². The number of ether oxygens (including phenoxy) is 3. The summed E-state index contributed by atoms with van der Waals surface area (Å²) in [4.78, 5) is 19.2. The Morgan fingerprint density at radius 3 is 1.31 bits per heavy atom. The number of rotatable bonds is 18. The molecule has 0 amide bonds. The average Bonchev–Trinajstić information content (AvgIpc) is 4.12. The van der Waals surface area contributed by atoms with Crippen LogP contribution in [0, 0.1) is 0 Å².